The number of aliphatic carboxylic acids is 1. The maximum Gasteiger partial charge on any atom is 0.303 e. The van der Waals surface area contributed by atoms with Crippen molar-refractivity contribution in [3.05, 3.63) is 57.6 Å². The molecule has 0 aromatic heterocycles. The molecular weight excluding hydrogens is 364 g/mol. The lowest BCUT2D eigenvalue weighted by Gasteiger charge is -2.18. The van der Waals surface area contributed by atoms with Crippen molar-refractivity contribution in [3.63, 3.8) is 0 Å². The predicted molar refractivity (Wildman–Crippen MR) is 104 cm³/mol. The van der Waals surface area contributed by atoms with E-state index in [1.54, 1.807) is 0 Å². The van der Waals surface area contributed by atoms with E-state index in [2.05, 4.69) is 13.8 Å². The maximum atomic E-state index is 11.0. The van der Waals surface area contributed by atoms with Gasteiger partial charge in [0.05, 0.1) is 6.42 Å². The number of benzene rings is 2. The molecule has 0 bridgehead atoms. The largest absolute Gasteiger partial charge is 0.489 e. The summed E-state index contributed by atoms with van der Waals surface area (Å²) < 4.78 is 12.1. The van der Waals surface area contributed by atoms with Gasteiger partial charge in [-0.15, -0.1) is 0 Å². The first-order valence-corrected chi connectivity index (χ1v) is 9.66. The Morgan fingerprint density at radius 2 is 2.11 bits per heavy atom. The Morgan fingerprint density at radius 1 is 1.30 bits per heavy atom. The summed E-state index contributed by atoms with van der Waals surface area (Å²) in [6.45, 7) is 4.52. The number of hydrogen-bond acceptors (Lipinski definition) is 3. The van der Waals surface area contributed by atoms with E-state index in [0.29, 0.717) is 11.6 Å². The molecule has 27 heavy (non-hydrogen) atoms. The molecule has 0 amide bonds. The molecule has 0 radical (unpaired) electrons. The van der Waals surface area contributed by atoms with Crippen molar-refractivity contribution in [1.29, 1.82) is 0 Å². The Bertz CT molecular complexity index is 903. The fraction of sp³-hybridized carbons (Fsp3) is 0.409. The second kappa shape index (κ2) is 6.75. The number of fused-ring (bicyclic) bond motifs is 2. The molecule has 2 aromatic carbocycles. The molecule has 1 aliphatic carbocycles. The first-order chi connectivity index (χ1) is 12.8. The molecule has 0 spiro atoms. The number of halogens is 1. The van der Waals surface area contributed by atoms with Crippen LogP contribution in [0.1, 0.15) is 54.9 Å². The Balaban J connectivity index is 1.50. The van der Waals surface area contributed by atoms with Gasteiger partial charge in [-0.25, -0.2) is 0 Å². The lowest BCUT2D eigenvalue weighted by Crippen LogP contribution is -2.25. The SMILES string of the molecule is CC1(C)Cc2cc(Cl)cc(COc3ccc4c(c3)CCC4CC(=O)O)c2O1. The summed E-state index contributed by atoms with van der Waals surface area (Å²) in [5.41, 5.74) is 4.17. The number of carbonyl (C=O) groups is 1. The quantitative estimate of drug-likeness (QED) is 0.773. The lowest BCUT2D eigenvalue weighted by molar-refractivity contribution is -0.137. The van der Waals surface area contributed by atoms with Gasteiger partial charge in [-0.05, 0) is 73.6 Å². The maximum absolute atomic E-state index is 11.0. The minimum Gasteiger partial charge on any atom is -0.489 e. The van der Waals surface area contributed by atoms with Crippen LogP contribution in [-0.2, 0) is 24.2 Å². The van der Waals surface area contributed by atoms with Gasteiger partial charge in [0.15, 0.2) is 0 Å². The van der Waals surface area contributed by atoms with E-state index >= 15 is 0 Å². The van der Waals surface area contributed by atoms with Gasteiger partial charge in [-0.2, -0.15) is 0 Å². The van der Waals surface area contributed by atoms with Gasteiger partial charge < -0.3 is 14.6 Å². The highest BCUT2D eigenvalue weighted by molar-refractivity contribution is 6.30. The van der Waals surface area contributed by atoms with Gasteiger partial charge >= 0.3 is 5.97 Å². The van der Waals surface area contributed by atoms with E-state index in [1.807, 2.05) is 30.3 Å². The third-order valence-corrected chi connectivity index (χ3v) is 5.55. The molecule has 0 saturated heterocycles. The van der Waals surface area contributed by atoms with Gasteiger partial charge in [0.25, 0.3) is 0 Å². The first kappa shape index (κ1) is 18.2. The second-order valence-electron chi connectivity index (χ2n) is 8.07. The Labute approximate surface area is 164 Å². The van der Waals surface area contributed by atoms with Crippen LogP contribution in [0.2, 0.25) is 5.02 Å². The predicted octanol–water partition coefficient (Wildman–Crippen LogP) is 5.14. The highest BCUT2D eigenvalue weighted by Crippen LogP contribution is 2.41. The summed E-state index contributed by atoms with van der Waals surface area (Å²) in [6, 6.07) is 9.83. The number of hydrogen-bond donors (Lipinski definition) is 1. The van der Waals surface area contributed by atoms with Crippen molar-refractivity contribution in [2.75, 3.05) is 0 Å². The highest BCUT2D eigenvalue weighted by atomic mass is 35.5. The molecule has 5 heteroatoms. The standard InChI is InChI=1S/C22H23ClO4/c1-22(2)11-15-7-17(23)8-16(21(15)27-22)12-26-18-5-6-19-13(9-18)3-4-14(19)10-20(24)25/h5-9,14H,3-4,10-12H2,1-2H3,(H,24,25). The number of rotatable bonds is 5. The topological polar surface area (TPSA) is 55.8 Å². The molecule has 4 nitrogen and oxygen atoms in total. The summed E-state index contributed by atoms with van der Waals surface area (Å²) in [6.07, 6.45) is 2.80. The smallest absolute Gasteiger partial charge is 0.303 e. The van der Waals surface area contributed by atoms with E-state index in [4.69, 9.17) is 26.2 Å². The van der Waals surface area contributed by atoms with Crippen LogP contribution in [0.25, 0.3) is 0 Å². The van der Waals surface area contributed by atoms with Crippen molar-refractivity contribution in [3.8, 4) is 11.5 Å². The van der Waals surface area contributed by atoms with Crippen LogP contribution in [0.3, 0.4) is 0 Å². The van der Waals surface area contributed by atoms with Crippen molar-refractivity contribution in [1.82, 2.24) is 0 Å². The lowest BCUT2D eigenvalue weighted by atomic mass is 9.98. The molecule has 1 unspecified atom stereocenters. The summed E-state index contributed by atoms with van der Waals surface area (Å²) in [5.74, 6) is 1.03. The fourth-order valence-electron chi connectivity index (χ4n) is 4.21. The van der Waals surface area contributed by atoms with E-state index in [1.165, 1.54) is 5.56 Å². The monoisotopic (exact) mass is 386 g/mol. The van der Waals surface area contributed by atoms with Crippen molar-refractivity contribution < 1.29 is 19.4 Å². The summed E-state index contributed by atoms with van der Waals surface area (Å²) in [4.78, 5) is 11.0. The van der Waals surface area contributed by atoms with Crippen LogP contribution < -0.4 is 9.47 Å². The van der Waals surface area contributed by atoms with Crippen LogP contribution in [-0.4, -0.2) is 16.7 Å². The molecule has 1 atom stereocenters. The van der Waals surface area contributed by atoms with E-state index in [-0.39, 0.29) is 17.9 Å². The molecule has 1 aliphatic heterocycles. The molecule has 1 heterocycles. The van der Waals surface area contributed by atoms with Gasteiger partial charge in [0.1, 0.15) is 23.7 Å². The normalized spacial score (nSPS) is 19.3. The van der Waals surface area contributed by atoms with Crippen LogP contribution in [0, 0.1) is 0 Å². The second-order valence-corrected chi connectivity index (χ2v) is 8.51. The van der Waals surface area contributed by atoms with Gasteiger partial charge in [0.2, 0.25) is 0 Å². The van der Waals surface area contributed by atoms with Gasteiger partial charge in [-0.3, -0.25) is 4.79 Å². The third kappa shape index (κ3) is 3.77. The average molecular weight is 387 g/mol. The van der Waals surface area contributed by atoms with Crippen LogP contribution in [0.5, 0.6) is 11.5 Å². The number of ether oxygens (including phenoxy) is 2. The zero-order chi connectivity index (χ0) is 19.2. The molecular formula is C22H23ClO4. The molecule has 4 rings (SSSR count). The Morgan fingerprint density at radius 3 is 2.89 bits per heavy atom. The number of aryl methyl sites for hydroxylation is 1. The van der Waals surface area contributed by atoms with Crippen molar-refractivity contribution in [2.24, 2.45) is 0 Å². The van der Waals surface area contributed by atoms with E-state index < -0.39 is 5.97 Å². The van der Waals surface area contributed by atoms with E-state index in [0.717, 1.165) is 47.5 Å². The zero-order valence-corrected chi connectivity index (χ0v) is 16.3. The Hall–Kier alpha value is -2.20. The van der Waals surface area contributed by atoms with E-state index in [9.17, 15) is 4.79 Å². The minimum absolute atomic E-state index is 0.110. The van der Waals surface area contributed by atoms with Gasteiger partial charge in [0, 0.05) is 17.0 Å². The van der Waals surface area contributed by atoms with Gasteiger partial charge in [-0.1, -0.05) is 17.7 Å². The molecule has 1 N–H and O–H groups in total. The molecule has 2 aliphatic rings. The van der Waals surface area contributed by atoms with Crippen LogP contribution >= 0.6 is 11.6 Å². The Kier molecular flexibility index (Phi) is 4.55. The number of carboxylic acid groups (broad SMARTS) is 1. The minimum atomic E-state index is -0.745. The van der Waals surface area contributed by atoms with Crippen molar-refractivity contribution >= 4 is 17.6 Å². The highest BCUT2D eigenvalue weighted by Gasteiger charge is 2.32. The summed E-state index contributed by atoms with van der Waals surface area (Å²) >= 11 is 6.28. The molecule has 0 saturated carbocycles. The van der Waals surface area contributed by atoms with Crippen molar-refractivity contribution in [2.45, 2.75) is 57.7 Å². The van der Waals surface area contributed by atoms with Crippen LogP contribution in [0.4, 0.5) is 0 Å². The molecule has 2 aromatic rings. The fourth-order valence-corrected chi connectivity index (χ4v) is 4.47. The summed E-state index contributed by atoms with van der Waals surface area (Å²) in [5, 5.41) is 9.75. The molecule has 0 fully saturated rings. The average Bonchev–Trinajstić information content (AvgIpc) is 3.11. The third-order valence-electron chi connectivity index (χ3n) is 5.33. The molecule has 142 valence electrons. The van der Waals surface area contributed by atoms with Crippen LogP contribution in [0.15, 0.2) is 30.3 Å². The number of carboxylic acids is 1. The first-order valence-electron chi connectivity index (χ1n) is 9.28. The zero-order valence-electron chi connectivity index (χ0n) is 15.5. The summed E-state index contributed by atoms with van der Waals surface area (Å²) in [7, 11) is 0.